The van der Waals surface area contributed by atoms with E-state index >= 15 is 0 Å². The molecule has 1 saturated heterocycles. The van der Waals surface area contributed by atoms with Crippen LogP contribution in [0.2, 0.25) is 61.4 Å². The Hall–Kier alpha value is -0.656. The minimum Gasteiger partial charge on any atom is -0.487 e. The first-order valence-corrected chi connectivity index (χ1v) is 21.0. The van der Waals surface area contributed by atoms with E-state index < -0.39 is 16.1 Å². The van der Waals surface area contributed by atoms with E-state index in [9.17, 15) is 0 Å². The van der Waals surface area contributed by atoms with Gasteiger partial charge in [0.2, 0.25) is 0 Å². The van der Waals surface area contributed by atoms with Crippen LogP contribution in [0.25, 0.3) is 11.0 Å². The molecule has 0 saturated carbocycles. The van der Waals surface area contributed by atoms with Crippen LogP contribution >= 0.6 is 23.2 Å². The average molecular weight is 578 g/mol. The van der Waals surface area contributed by atoms with Gasteiger partial charge in [-0.05, 0) is 31.0 Å². The van der Waals surface area contributed by atoms with Crippen molar-refractivity contribution in [2.45, 2.75) is 83.7 Å². The topological polar surface area (TPSA) is 64.0 Å². The number of hydrogen-bond acceptors (Lipinski definition) is 6. The number of ether oxygens (including phenoxy) is 5. The predicted octanol–water partition coefficient (Wildman–Crippen LogP) is 7.04. The molecule has 36 heavy (non-hydrogen) atoms. The molecule has 3 rings (SSSR count). The highest BCUT2D eigenvalue weighted by atomic mass is 35.5. The molecule has 204 valence electrons. The third kappa shape index (κ3) is 9.27. The summed E-state index contributed by atoms with van der Waals surface area (Å²) in [5, 5.41) is 0.769. The summed E-state index contributed by atoms with van der Waals surface area (Å²) in [6, 6.07) is 4.00. The van der Waals surface area contributed by atoms with Gasteiger partial charge in [-0.1, -0.05) is 62.5 Å². The van der Waals surface area contributed by atoms with Gasteiger partial charge in [0.15, 0.2) is 5.75 Å². The summed E-state index contributed by atoms with van der Waals surface area (Å²) in [6.45, 7) is 17.4. The van der Waals surface area contributed by atoms with E-state index in [1.807, 2.05) is 10.6 Å². The van der Waals surface area contributed by atoms with Crippen LogP contribution < -0.4 is 4.74 Å². The molecule has 0 amide bonds. The van der Waals surface area contributed by atoms with Crippen molar-refractivity contribution in [1.29, 1.82) is 0 Å². The van der Waals surface area contributed by atoms with Gasteiger partial charge in [0.05, 0.1) is 16.6 Å². The molecule has 1 aliphatic rings. The molecule has 1 aromatic heterocycles. The van der Waals surface area contributed by atoms with Crippen LogP contribution in [0, 0.1) is 0 Å². The van der Waals surface area contributed by atoms with Crippen LogP contribution in [0.4, 0.5) is 0 Å². The number of aromatic nitrogens is 2. The Morgan fingerprint density at radius 1 is 1.03 bits per heavy atom. The standard InChI is InChI=1S/C25H42Cl2N2O5Si2/c1-35(2,3)12-10-30-17-29-21-14-20(26)23(27)25(34-15-19-8-7-9-33-19)24(21)28-22(29)16-32-18-31-11-13-36(4,5)6/h14,19H,7-13,15-18H2,1-6H3. The lowest BCUT2D eigenvalue weighted by Gasteiger charge is -2.17. The van der Waals surface area contributed by atoms with E-state index in [2.05, 4.69) is 39.3 Å². The second-order valence-corrected chi connectivity index (χ2v) is 23.8. The van der Waals surface area contributed by atoms with Crippen LogP contribution in [-0.4, -0.2) is 65.0 Å². The molecule has 0 bridgehead atoms. The summed E-state index contributed by atoms with van der Waals surface area (Å²) in [6.07, 6.45) is 2.06. The molecule has 7 nitrogen and oxygen atoms in total. The van der Waals surface area contributed by atoms with Crippen LogP contribution in [0.5, 0.6) is 5.75 Å². The monoisotopic (exact) mass is 576 g/mol. The summed E-state index contributed by atoms with van der Waals surface area (Å²) in [5.41, 5.74) is 1.45. The van der Waals surface area contributed by atoms with Gasteiger partial charge in [0.1, 0.15) is 43.1 Å². The highest BCUT2D eigenvalue weighted by Crippen LogP contribution is 2.40. The van der Waals surface area contributed by atoms with Gasteiger partial charge in [-0.15, -0.1) is 0 Å². The molecule has 1 atom stereocenters. The smallest absolute Gasteiger partial charge is 0.167 e. The van der Waals surface area contributed by atoms with Crippen molar-refractivity contribution in [2.75, 3.05) is 33.2 Å². The second-order valence-electron chi connectivity index (χ2n) is 11.8. The zero-order valence-electron chi connectivity index (χ0n) is 22.6. The molecule has 11 heteroatoms. The van der Waals surface area contributed by atoms with Crippen molar-refractivity contribution in [1.82, 2.24) is 9.55 Å². The van der Waals surface area contributed by atoms with Crippen LogP contribution in [0.1, 0.15) is 18.7 Å². The van der Waals surface area contributed by atoms with Gasteiger partial charge in [0, 0.05) is 36.0 Å². The molecule has 0 aliphatic carbocycles. The maximum Gasteiger partial charge on any atom is 0.167 e. The molecule has 0 radical (unpaired) electrons. The van der Waals surface area contributed by atoms with Gasteiger partial charge in [-0.2, -0.15) is 0 Å². The first kappa shape index (κ1) is 29.9. The molecule has 1 aliphatic heterocycles. The maximum absolute atomic E-state index is 6.57. The minimum absolute atomic E-state index is 0.0539. The lowest BCUT2D eigenvalue weighted by Crippen LogP contribution is -2.22. The summed E-state index contributed by atoms with van der Waals surface area (Å²) < 4.78 is 31.5. The lowest BCUT2D eigenvalue weighted by molar-refractivity contribution is -0.0609. The Balaban J connectivity index is 1.77. The largest absolute Gasteiger partial charge is 0.487 e. The Morgan fingerprint density at radius 3 is 2.36 bits per heavy atom. The summed E-state index contributed by atoms with van der Waals surface area (Å²) in [5.74, 6) is 1.19. The van der Waals surface area contributed by atoms with E-state index in [1.54, 1.807) is 0 Å². The fourth-order valence-electron chi connectivity index (χ4n) is 3.72. The zero-order valence-corrected chi connectivity index (χ0v) is 26.1. The quantitative estimate of drug-likeness (QED) is 0.129. The number of nitrogens with zero attached hydrogens (tertiary/aromatic N) is 2. The number of halogens is 2. The fraction of sp³-hybridized carbons (Fsp3) is 0.720. The van der Waals surface area contributed by atoms with Gasteiger partial charge in [-0.25, -0.2) is 4.98 Å². The molecule has 1 unspecified atom stereocenters. The molecule has 2 aromatic rings. The first-order chi connectivity index (χ1) is 16.9. The Kier molecular flexibility index (Phi) is 11.1. The molecule has 2 heterocycles. The molecule has 0 N–H and O–H groups in total. The number of rotatable bonds is 15. The van der Waals surface area contributed by atoms with Crippen LogP contribution in [0.15, 0.2) is 6.07 Å². The van der Waals surface area contributed by atoms with Gasteiger partial charge in [-0.3, -0.25) is 0 Å². The second kappa shape index (κ2) is 13.4. The number of fused-ring (bicyclic) bond motifs is 1. The Morgan fingerprint density at radius 2 is 1.72 bits per heavy atom. The van der Waals surface area contributed by atoms with Gasteiger partial charge in [0.25, 0.3) is 0 Å². The SMILES string of the molecule is C[Si](C)(C)CCOCOCc1nc2c(OCC3CCCO3)c(Cl)c(Cl)cc2n1COCC[Si](C)(C)C. The van der Waals surface area contributed by atoms with Crippen molar-refractivity contribution in [2.24, 2.45) is 0 Å². The number of hydrogen-bond donors (Lipinski definition) is 0. The van der Waals surface area contributed by atoms with Crippen molar-refractivity contribution in [3.8, 4) is 5.75 Å². The minimum atomic E-state index is -1.20. The highest BCUT2D eigenvalue weighted by molar-refractivity contribution is 6.76. The predicted molar refractivity (Wildman–Crippen MR) is 152 cm³/mol. The van der Waals surface area contributed by atoms with Crippen LogP contribution in [0.3, 0.4) is 0 Å². The van der Waals surface area contributed by atoms with E-state index in [-0.39, 0.29) is 19.5 Å². The van der Waals surface area contributed by atoms with Crippen molar-refractivity contribution in [3.05, 3.63) is 21.9 Å². The third-order valence-corrected chi connectivity index (χ3v) is 10.2. The number of imidazole rings is 1. The van der Waals surface area contributed by atoms with Crippen molar-refractivity contribution in [3.63, 3.8) is 0 Å². The zero-order chi connectivity index (χ0) is 26.3. The molecular formula is C25H42Cl2N2O5Si2. The van der Waals surface area contributed by atoms with Crippen LogP contribution in [-0.2, 0) is 32.3 Å². The number of benzene rings is 1. The fourth-order valence-corrected chi connectivity index (χ4v) is 5.63. The first-order valence-electron chi connectivity index (χ1n) is 12.8. The normalized spacial score (nSPS) is 16.8. The molecule has 1 fully saturated rings. The molecule has 1 aromatic carbocycles. The summed E-state index contributed by atoms with van der Waals surface area (Å²) >= 11 is 13.1. The third-order valence-electron chi connectivity index (χ3n) is 6.02. The van der Waals surface area contributed by atoms with E-state index in [1.165, 1.54) is 0 Å². The molecular weight excluding hydrogens is 535 g/mol. The average Bonchev–Trinajstić information content (AvgIpc) is 3.41. The Labute approximate surface area is 227 Å². The highest BCUT2D eigenvalue weighted by Gasteiger charge is 2.23. The maximum atomic E-state index is 6.57. The summed E-state index contributed by atoms with van der Waals surface area (Å²) in [4.78, 5) is 4.85. The van der Waals surface area contributed by atoms with Gasteiger partial charge < -0.3 is 28.3 Å². The van der Waals surface area contributed by atoms with Crippen molar-refractivity contribution >= 4 is 50.4 Å². The van der Waals surface area contributed by atoms with E-state index in [4.69, 9.17) is 51.9 Å². The van der Waals surface area contributed by atoms with Crippen molar-refractivity contribution < 1.29 is 23.7 Å². The Bertz CT molecular complexity index is 986. The molecule has 0 spiro atoms. The van der Waals surface area contributed by atoms with Gasteiger partial charge >= 0.3 is 0 Å². The summed E-state index contributed by atoms with van der Waals surface area (Å²) in [7, 11) is -2.34. The van der Waals surface area contributed by atoms with E-state index in [0.29, 0.717) is 53.7 Å². The van der Waals surface area contributed by atoms with E-state index in [0.717, 1.165) is 37.1 Å². The lowest BCUT2D eigenvalue weighted by atomic mass is 10.2.